The van der Waals surface area contributed by atoms with Gasteiger partial charge in [-0.05, 0) is 19.9 Å². The van der Waals surface area contributed by atoms with Crippen LogP contribution >= 0.6 is 0 Å². The Bertz CT molecular complexity index is 891. The van der Waals surface area contributed by atoms with E-state index in [0.717, 1.165) is 55.2 Å². The van der Waals surface area contributed by atoms with E-state index in [-0.39, 0.29) is 0 Å². The Morgan fingerprint density at radius 1 is 0.857 bits per heavy atom. The SMILES string of the molecule is CC(C)Nc1cc(N2CCN(c3ncccn3)CC2)nc(-c2ccccc2)n1. The molecule has 0 amide bonds. The smallest absolute Gasteiger partial charge is 0.225 e. The second-order valence-corrected chi connectivity index (χ2v) is 7.12. The molecule has 1 fully saturated rings. The van der Waals surface area contributed by atoms with Gasteiger partial charge in [0.05, 0.1) is 0 Å². The Kier molecular flexibility index (Phi) is 5.32. The first-order chi connectivity index (χ1) is 13.7. The van der Waals surface area contributed by atoms with Crippen LogP contribution in [0.4, 0.5) is 17.6 Å². The molecule has 4 rings (SSSR count). The predicted octanol–water partition coefficient (Wildman–Crippen LogP) is 3.08. The first kappa shape index (κ1) is 18.2. The normalized spacial score (nSPS) is 14.4. The Hall–Kier alpha value is -3.22. The molecule has 1 aromatic carbocycles. The van der Waals surface area contributed by atoms with Gasteiger partial charge in [-0.2, -0.15) is 0 Å². The van der Waals surface area contributed by atoms with Gasteiger partial charge in [-0.25, -0.2) is 19.9 Å². The van der Waals surface area contributed by atoms with Crippen molar-refractivity contribution in [3.8, 4) is 11.4 Å². The molecule has 144 valence electrons. The molecule has 0 aliphatic carbocycles. The zero-order valence-electron chi connectivity index (χ0n) is 16.3. The number of nitrogens with one attached hydrogen (secondary N) is 1. The standard InChI is InChI=1S/C21H25N7/c1-16(2)24-18-15-19(26-20(25-18)17-7-4-3-5-8-17)27-11-13-28(14-12-27)21-22-9-6-10-23-21/h3-10,15-16H,11-14H2,1-2H3,(H,24,25,26). The minimum Gasteiger partial charge on any atom is -0.368 e. The monoisotopic (exact) mass is 375 g/mol. The largest absolute Gasteiger partial charge is 0.368 e. The molecule has 1 aliphatic heterocycles. The van der Waals surface area contributed by atoms with Gasteiger partial charge in [0.15, 0.2) is 5.82 Å². The van der Waals surface area contributed by atoms with Crippen LogP contribution in [0, 0.1) is 0 Å². The van der Waals surface area contributed by atoms with Gasteiger partial charge in [-0.1, -0.05) is 30.3 Å². The maximum absolute atomic E-state index is 4.86. The molecule has 28 heavy (non-hydrogen) atoms. The van der Waals surface area contributed by atoms with Crippen molar-refractivity contribution >= 4 is 17.6 Å². The van der Waals surface area contributed by atoms with Gasteiger partial charge in [0.25, 0.3) is 0 Å². The van der Waals surface area contributed by atoms with Crippen LogP contribution in [0.15, 0.2) is 54.9 Å². The van der Waals surface area contributed by atoms with Gasteiger partial charge in [0.2, 0.25) is 5.95 Å². The molecule has 0 unspecified atom stereocenters. The lowest BCUT2D eigenvalue weighted by molar-refractivity contribution is 0.634. The molecule has 7 nitrogen and oxygen atoms in total. The van der Waals surface area contributed by atoms with Crippen molar-refractivity contribution in [1.29, 1.82) is 0 Å². The molecule has 1 N–H and O–H groups in total. The van der Waals surface area contributed by atoms with Crippen LogP contribution < -0.4 is 15.1 Å². The molecule has 1 aliphatic rings. The fourth-order valence-corrected chi connectivity index (χ4v) is 3.27. The summed E-state index contributed by atoms with van der Waals surface area (Å²) in [6.45, 7) is 7.68. The van der Waals surface area contributed by atoms with Crippen molar-refractivity contribution in [1.82, 2.24) is 19.9 Å². The van der Waals surface area contributed by atoms with E-state index in [0.29, 0.717) is 6.04 Å². The summed E-state index contributed by atoms with van der Waals surface area (Å²) >= 11 is 0. The fraction of sp³-hybridized carbons (Fsp3) is 0.333. The number of piperazine rings is 1. The Morgan fingerprint density at radius 3 is 2.21 bits per heavy atom. The molecule has 0 atom stereocenters. The highest BCUT2D eigenvalue weighted by Crippen LogP contribution is 2.24. The van der Waals surface area contributed by atoms with Crippen molar-refractivity contribution in [2.24, 2.45) is 0 Å². The quantitative estimate of drug-likeness (QED) is 0.735. The average Bonchev–Trinajstić information content (AvgIpc) is 2.74. The zero-order chi connectivity index (χ0) is 19.3. The summed E-state index contributed by atoms with van der Waals surface area (Å²) in [5, 5.41) is 3.42. The van der Waals surface area contributed by atoms with E-state index in [1.807, 2.05) is 42.5 Å². The molecule has 3 aromatic rings. The molecule has 0 radical (unpaired) electrons. The number of anilines is 3. The van der Waals surface area contributed by atoms with E-state index in [1.54, 1.807) is 12.4 Å². The highest BCUT2D eigenvalue weighted by Gasteiger charge is 2.21. The molecular formula is C21H25N7. The lowest BCUT2D eigenvalue weighted by atomic mass is 10.2. The number of nitrogens with zero attached hydrogens (tertiary/aromatic N) is 6. The Balaban J connectivity index is 1.57. The molecule has 2 aromatic heterocycles. The van der Waals surface area contributed by atoms with Crippen molar-refractivity contribution in [2.45, 2.75) is 19.9 Å². The molecule has 7 heteroatoms. The number of rotatable bonds is 5. The van der Waals surface area contributed by atoms with Crippen LogP contribution in [0.5, 0.6) is 0 Å². The second kappa shape index (κ2) is 8.21. The molecule has 0 bridgehead atoms. The van der Waals surface area contributed by atoms with Gasteiger partial charge < -0.3 is 15.1 Å². The number of hydrogen-bond acceptors (Lipinski definition) is 7. The van der Waals surface area contributed by atoms with E-state index < -0.39 is 0 Å². The van der Waals surface area contributed by atoms with Crippen LogP contribution in [0.25, 0.3) is 11.4 Å². The van der Waals surface area contributed by atoms with Crippen LogP contribution in [0.3, 0.4) is 0 Å². The molecule has 0 spiro atoms. The summed E-state index contributed by atoms with van der Waals surface area (Å²) in [4.78, 5) is 22.8. The van der Waals surface area contributed by atoms with Crippen LogP contribution in [-0.4, -0.2) is 52.2 Å². The topological polar surface area (TPSA) is 70.1 Å². The molecule has 3 heterocycles. The third kappa shape index (κ3) is 4.19. The summed E-state index contributed by atoms with van der Waals surface area (Å²) in [7, 11) is 0. The number of benzene rings is 1. The Morgan fingerprint density at radius 2 is 1.54 bits per heavy atom. The van der Waals surface area contributed by atoms with Crippen molar-refractivity contribution in [3.05, 3.63) is 54.9 Å². The van der Waals surface area contributed by atoms with Gasteiger partial charge in [-0.15, -0.1) is 0 Å². The van der Waals surface area contributed by atoms with E-state index >= 15 is 0 Å². The third-order valence-electron chi connectivity index (χ3n) is 4.62. The minimum absolute atomic E-state index is 0.304. The lowest BCUT2D eigenvalue weighted by Crippen LogP contribution is -2.47. The zero-order valence-corrected chi connectivity index (χ0v) is 16.3. The summed E-state index contributed by atoms with van der Waals surface area (Å²) in [5.41, 5.74) is 1.02. The van der Waals surface area contributed by atoms with Crippen LogP contribution in [0.2, 0.25) is 0 Å². The van der Waals surface area contributed by atoms with Crippen LogP contribution in [-0.2, 0) is 0 Å². The van der Waals surface area contributed by atoms with Crippen molar-refractivity contribution in [3.63, 3.8) is 0 Å². The highest BCUT2D eigenvalue weighted by molar-refractivity contribution is 5.62. The Labute approximate surface area is 165 Å². The molecular weight excluding hydrogens is 350 g/mol. The second-order valence-electron chi connectivity index (χ2n) is 7.12. The first-order valence-corrected chi connectivity index (χ1v) is 9.67. The summed E-state index contributed by atoms with van der Waals surface area (Å²) in [6, 6.07) is 14.3. The first-order valence-electron chi connectivity index (χ1n) is 9.67. The van der Waals surface area contributed by atoms with Gasteiger partial charge >= 0.3 is 0 Å². The van der Waals surface area contributed by atoms with Gasteiger partial charge in [0, 0.05) is 56.2 Å². The molecule has 1 saturated heterocycles. The average molecular weight is 375 g/mol. The van der Waals surface area contributed by atoms with Crippen molar-refractivity contribution in [2.75, 3.05) is 41.3 Å². The van der Waals surface area contributed by atoms with E-state index in [2.05, 4.69) is 38.9 Å². The maximum Gasteiger partial charge on any atom is 0.225 e. The van der Waals surface area contributed by atoms with Crippen LogP contribution in [0.1, 0.15) is 13.8 Å². The summed E-state index contributed by atoms with van der Waals surface area (Å²) < 4.78 is 0. The lowest BCUT2D eigenvalue weighted by Gasteiger charge is -2.35. The molecule has 0 saturated carbocycles. The van der Waals surface area contributed by atoms with E-state index in [1.165, 1.54) is 0 Å². The number of aromatic nitrogens is 4. The highest BCUT2D eigenvalue weighted by atomic mass is 15.3. The minimum atomic E-state index is 0.304. The van der Waals surface area contributed by atoms with Gasteiger partial charge in [0.1, 0.15) is 11.6 Å². The van der Waals surface area contributed by atoms with Gasteiger partial charge in [-0.3, -0.25) is 0 Å². The van der Waals surface area contributed by atoms with E-state index in [4.69, 9.17) is 9.97 Å². The predicted molar refractivity (Wildman–Crippen MR) is 113 cm³/mol. The third-order valence-corrected chi connectivity index (χ3v) is 4.62. The summed E-state index contributed by atoms with van der Waals surface area (Å²) in [6.07, 6.45) is 3.57. The number of hydrogen-bond donors (Lipinski definition) is 1. The summed E-state index contributed by atoms with van der Waals surface area (Å²) in [5.74, 6) is 3.34. The van der Waals surface area contributed by atoms with E-state index in [9.17, 15) is 0 Å². The fourth-order valence-electron chi connectivity index (χ4n) is 3.27. The van der Waals surface area contributed by atoms with Crippen molar-refractivity contribution < 1.29 is 0 Å². The maximum atomic E-state index is 4.86.